The van der Waals surface area contributed by atoms with Crippen LogP contribution >= 0.6 is 0 Å². The summed E-state index contributed by atoms with van der Waals surface area (Å²) >= 11 is 0. The molecule has 2 heteroatoms. The minimum absolute atomic E-state index is 0.0943. The van der Waals surface area contributed by atoms with Crippen molar-refractivity contribution in [2.24, 2.45) is 11.8 Å². The Hall–Kier alpha value is -1.33. The number of hydrogen-bond acceptors (Lipinski definition) is 2. The molecule has 1 aromatic rings. The monoisotopic (exact) mass is 244 g/mol. The predicted molar refractivity (Wildman–Crippen MR) is 76.3 cm³/mol. The van der Waals surface area contributed by atoms with Crippen molar-refractivity contribution in [3.05, 3.63) is 34.4 Å². The molecule has 0 heterocycles. The molecule has 0 saturated carbocycles. The fourth-order valence-electron chi connectivity index (χ4n) is 2.00. The highest BCUT2D eigenvalue weighted by Gasteiger charge is 2.11. The first-order valence-electron chi connectivity index (χ1n) is 6.62. The number of aryl methyl sites for hydroxylation is 3. The fraction of sp³-hybridized carbons (Fsp3) is 0.562. The van der Waals surface area contributed by atoms with Crippen molar-refractivity contribution in [1.82, 2.24) is 5.32 Å². The predicted octanol–water partition coefficient (Wildman–Crippen LogP) is 3.50. The zero-order valence-electron chi connectivity index (χ0n) is 12.2. The van der Waals surface area contributed by atoms with Gasteiger partial charge in [-0.2, -0.15) is 5.26 Å². The molecule has 0 saturated heterocycles. The van der Waals surface area contributed by atoms with E-state index in [0.29, 0.717) is 5.92 Å². The van der Waals surface area contributed by atoms with E-state index in [9.17, 15) is 0 Å². The lowest BCUT2D eigenvalue weighted by Crippen LogP contribution is -2.25. The van der Waals surface area contributed by atoms with Crippen LogP contribution in [-0.2, 0) is 6.54 Å². The van der Waals surface area contributed by atoms with Crippen LogP contribution in [0.3, 0.4) is 0 Å². The Morgan fingerprint density at radius 3 is 2.28 bits per heavy atom. The van der Waals surface area contributed by atoms with E-state index in [0.717, 1.165) is 13.1 Å². The molecule has 1 aromatic carbocycles. The third-order valence-electron chi connectivity index (χ3n) is 3.60. The Morgan fingerprint density at radius 1 is 1.11 bits per heavy atom. The van der Waals surface area contributed by atoms with E-state index in [2.05, 4.69) is 58.1 Å². The maximum Gasteiger partial charge on any atom is 0.0671 e. The fourth-order valence-corrected chi connectivity index (χ4v) is 2.00. The molecule has 0 aliphatic rings. The number of benzene rings is 1. The molecular weight excluding hydrogens is 220 g/mol. The van der Waals surface area contributed by atoms with Crippen molar-refractivity contribution in [2.45, 2.75) is 41.2 Å². The lowest BCUT2D eigenvalue weighted by atomic mass is 9.97. The maximum atomic E-state index is 9.04. The molecule has 1 rings (SSSR count). The van der Waals surface area contributed by atoms with Crippen molar-refractivity contribution in [2.75, 3.05) is 6.54 Å². The van der Waals surface area contributed by atoms with Crippen LogP contribution in [0.25, 0.3) is 0 Å². The average Bonchev–Trinajstić information content (AvgIpc) is 2.30. The van der Waals surface area contributed by atoms with Crippen LogP contribution in [0.5, 0.6) is 0 Å². The van der Waals surface area contributed by atoms with E-state index in [1.807, 2.05) is 0 Å². The highest BCUT2D eigenvalue weighted by molar-refractivity contribution is 5.36. The van der Waals surface area contributed by atoms with Gasteiger partial charge in [0.2, 0.25) is 0 Å². The van der Waals surface area contributed by atoms with Gasteiger partial charge in [0.1, 0.15) is 0 Å². The van der Waals surface area contributed by atoms with Crippen LogP contribution in [0.4, 0.5) is 0 Å². The van der Waals surface area contributed by atoms with Gasteiger partial charge in [-0.15, -0.1) is 0 Å². The molecule has 0 amide bonds. The molecule has 0 spiro atoms. The molecule has 18 heavy (non-hydrogen) atoms. The van der Waals surface area contributed by atoms with Crippen LogP contribution in [-0.4, -0.2) is 6.54 Å². The second-order valence-electron chi connectivity index (χ2n) is 5.47. The molecule has 1 atom stereocenters. The van der Waals surface area contributed by atoms with Crippen molar-refractivity contribution in [3.8, 4) is 6.07 Å². The number of nitriles is 1. The second-order valence-corrected chi connectivity index (χ2v) is 5.47. The third kappa shape index (κ3) is 3.85. The number of nitrogens with one attached hydrogen (secondary N) is 1. The number of nitrogens with zero attached hydrogens (tertiary/aromatic N) is 1. The molecule has 0 radical (unpaired) electrons. The van der Waals surface area contributed by atoms with Gasteiger partial charge in [0.05, 0.1) is 12.0 Å². The maximum absolute atomic E-state index is 9.04. The highest BCUT2D eigenvalue weighted by Crippen LogP contribution is 2.15. The summed E-state index contributed by atoms with van der Waals surface area (Å²) in [4.78, 5) is 0. The van der Waals surface area contributed by atoms with Gasteiger partial charge in [0, 0.05) is 13.1 Å². The normalized spacial score (nSPS) is 12.5. The Morgan fingerprint density at radius 2 is 1.72 bits per heavy atom. The van der Waals surface area contributed by atoms with Gasteiger partial charge in [0.15, 0.2) is 0 Å². The highest BCUT2D eigenvalue weighted by atomic mass is 14.9. The van der Waals surface area contributed by atoms with E-state index in [4.69, 9.17) is 5.26 Å². The second kappa shape index (κ2) is 6.56. The van der Waals surface area contributed by atoms with Gasteiger partial charge in [0.25, 0.3) is 0 Å². The first kappa shape index (κ1) is 14.7. The minimum atomic E-state index is 0.0943. The van der Waals surface area contributed by atoms with Gasteiger partial charge < -0.3 is 5.32 Å². The van der Waals surface area contributed by atoms with Crippen molar-refractivity contribution < 1.29 is 0 Å². The summed E-state index contributed by atoms with van der Waals surface area (Å²) in [7, 11) is 0. The molecule has 0 aliphatic heterocycles. The molecule has 0 fully saturated rings. The van der Waals surface area contributed by atoms with Gasteiger partial charge in [-0.1, -0.05) is 26.0 Å². The quantitative estimate of drug-likeness (QED) is 0.860. The summed E-state index contributed by atoms with van der Waals surface area (Å²) in [5.74, 6) is 0.500. The Balaban J connectivity index is 2.60. The molecule has 1 unspecified atom stereocenters. The first-order valence-corrected chi connectivity index (χ1v) is 6.62. The number of hydrogen-bond donors (Lipinski definition) is 1. The molecule has 0 aromatic heterocycles. The van der Waals surface area contributed by atoms with Crippen molar-refractivity contribution >= 4 is 0 Å². The van der Waals surface area contributed by atoms with Crippen LogP contribution in [0.1, 0.15) is 36.1 Å². The zero-order chi connectivity index (χ0) is 13.7. The lowest BCUT2D eigenvalue weighted by Gasteiger charge is -2.15. The summed E-state index contributed by atoms with van der Waals surface area (Å²) < 4.78 is 0. The average molecular weight is 244 g/mol. The Labute approximate surface area is 111 Å². The summed E-state index contributed by atoms with van der Waals surface area (Å²) in [5.41, 5.74) is 5.33. The van der Waals surface area contributed by atoms with E-state index in [-0.39, 0.29) is 5.92 Å². The minimum Gasteiger partial charge on any atom is -0.311 e. The number of rotatable bonds is 5. The van der Waals surface area contributed by atoms with E-state index in [1.54, 1.807) is 0 Å². The molecular formula is C16H24N2. The Bertz CT molecular complexity index is 441. The van der Waals surface area contributed by atoms with Crippen LogP contribution in [0.2, 0.25) is 0 Å². The first-order chi connectivity index (χ1) is 8.45. The van der Waals surface area contributed by atoms with E-state index in [1.165, 1.54) is 22.3 Å². The van der Waals surface area contributed by atoms with Crippen molar-refractivity contribution in [3.63, 3.8) is 0 Å². The summed E-state index contributed by atoms with van der Waals surface area (Å²) in [5, 5.41) is 12.4. The topological polar surface area (TPSA) is 35.8 Å². The lowest BCUT2D eigenvalue weighted by molar-refractivity contribution is 0.441. The van der Waals surface area contributed by atoms with E-state index >= 15 is 0 Å². The SMILES string of the molecule is Cc1cc(C)c(CNCC(C#N)C(C)C)cc1C. The van der Waals surface area contributed by atoms with Crippen LogP contribution in [0, 0.1) is 43.9 Å². The van der Waals surface area contributed by atoms with Crippen LogP contribution in [0.15, 0.2) is 12.1 Å². The largest absolute Gasteiger partial charge is 0.311 e. The Kier molecular flexibility index (Phi) is 5.37. The standard InChI is InChI=1S/C16H24N2/c1-11(2)16(8-17)10-18-9-15-7-13(4)12(3)6-14(15)5/h6-7,11,16,18H,9-10H2,1-5H3. The van der Waals surface area contributed by atoms with E-state index < -0.39 is 0 Å². The van der Waals surface area contributed by atoms with Gasteiger partial charge in [-0.3, -0.25) is 0 Å². The summed E-state index contributed by atoms with van der Waals surface area (Å²) in [6.07, 6.45) is 0. The van der Waals surface area contributed by atoms with Crippen LogP contribution < -0.4 is 5.32 Å². The van der Waals surface area contributed by atoms with Gasteiger partial charge in [-0.05, 0) is 48.9 Å². The molecule has 0 bridgehead atoms. The van der Waals surface area contributed by atoms with Gasteiger partial charge in [-0.25, -0.2) is 0 Å². The smallest absolute Gasteiger partial charge is 0.0671 e. The molecule has 98 valence electrons. The van der Waals surface area contributed by atoms with Crippen molar-refractivity contribution in [1.29, 1.82) is 5.26 Å². The summed E-state index contributed by atoms with van der Waals surface area (Å²) in [6.45, 7) is 12.2. The third-order valence-corrected chi connectivity index (χ3v) is 3.60. The molecule has 2 nitrogen and oxygen atoms in total. The summed E-state index contributed by atoms with van der Waals surface area (Å²) in [6, 6.07) is 6.84. The molecule has 1 N–H and O–H groups in total. The zero-order valence-corrected chi connectivity index (χ0v) is 12.2. The molecule has 0 aliphatic carbocycles. The van der Waals surface area contributed by atoms with Gasteiger partial charge >= 0.3 is 0 Å².